The Morgan fingerprint density at radius 1 is 1.05 bits per heavy atom. The van der Waals surface area contributed by atoms with Crippen LogP contribution < -0.4 is 10.6 Å². The van der Waals surface area contributed by atoms with Crippen LogP contribution in [0.25, 0.3) is 0 Å². The van der Waals surface area contributed by atoms with Gasteiger partial charge in [0.25, 0.3) is 0 Å². The fourth-order valence-corrected chi connectivity index (χ4v) is 4.02. The fourth-order valence-electron chi connectivity index (χ4n) is 3.19. The van der Waals surface area contributed by atoms with E-state index in [1.807, 2.05) is 30.3 Å². The quantitative estimate of drug-likeness (QED) is 0.815. The highest BCUT2D eigenvalue weighted by molar-refractivity contribution is 7.10. The van der Waals surface area contributed by atoms with Crippen LogP contribution in [0, 0.1) is 0 Å². The number of nitrogens with one attached hydrogen (secondary N) is 2. The number of hydrogen-bond acceptors (Lipinski definition) is 4. The highest BCUT2D eigenvalue weighted by Crippen LogP contribution is 2.41. The summed E-state index contributed by atoms with van der Waals surface area (Å²) in [6, 6.07) is 12.1. The second-order valence-electron chi connectivity index (χ2n) is 5.67. The molecule has 2 aromatic rings. The van der Waals surface area contributed by atoms with E-state index in [-0.39, 0.29) is 11.7 Å². The van der Waals surface area contributed by atoms with Crippen molar-refractivity contribution in [3.8, 4) is 0 Å². The summed E-state index contributed by atoms with van der Waals surface area (Å²) in [6.07, 6.45) is 1.40. The normalized spacial score (nSPS) is 20.6. The number of carbonyl (C=O) groups is 1. The minimum Gasteiger partial charge on any atom is -0.357 e. The molecule has 2 heterocycles. The van der Waals surface area contributed by atoms with Gasteiger partial charge in [0.05, 0.1) is 16.9 Å². The van der Waals surface area contributed by atoms with Gasteiger partial charge in [-0.05, 0) is 30.0 Å². The molecule has 1 aromatic heterocycles. The van der Waals surface area contributed by atoms with Crippen LogP contribution in [0.4, 0.5) is 11.4 Å². The van der Waals surface area contributed by atoms with Crippen LogP contribution in [-0.4, -0.2) is 5.78 Å². The van der Waals surface area contributed by atoms with Crippen LogP contribution >= 0.6 is 11.3 Å². The van der Waals surface area contributed by atoms with E-state index in [1.165, 1.54) is 4.88 Å². The molecule has 2 N–H and O–H groups in total. The Labute approximate surface area is 133 Å². The molecule has 3 nitrogen and oxygen atoms in total. The Kier molecular flexibility index (Phi) is 3.12. The molecule has 1 aliphatic heterocycles. The zero-order valence-electron chi connectivity index (χ0n) is 12.1. The SMILES string of the molecule is C=C1Nc2ccccc2NC2=C1C(=O)C[C@H](c1cccs1)C2. The molecule has 0 radical (unpaired) electrons. The molecule has 0 saturated carbocycles. The zero-order chi connectivity index (χ0) is 15.1. The molecule has 2 aliphatic rings. The molecule has 0 bridgehead atoms. The van der Waals surface area contributed by atoms with Gasteiger partial charge in [0.2, 0.25) is 0 Å². The number of benzene rings is 1. The Morgan fingerprint density at radius 3 is 2.55 bits per heavy atom. The summed E-state index contributed by atoms with van der Waals surface area (Å²) in [4.78, 5) is 13.9. The highest BCUT2D eigenvalue weighted by Gasteiger charge is 2.32. The van der Waals surface area contributed by atoms with Crippen LogP contribution in [0.1, 0.15) is 23.6 Å². The summed E-state index contributed by atoms with van der Waals surface area (Å²) in [7, 11) is 0. The van der Waals surface area contributed by atoms with Crippen molar-refractivity contribution < 1.29 is 4.79 Å². The van der Waals surface area contributed by atoms with Crippen molar-refractivity contribution in [1.29, 1.82) is 0 Å². The predicted octanol–water partition coefficient (Wildman–Crippen LogP) is 4.50. The van der Waals surface area contributed by atoms with E-state index in [4.69, 9.17) is 0 Å². The number of rotatable bonds is 1. The average Bonchev–Trinajstić information content (AvgIpc) is 2.98. The van der Waals surface area contributed by atoms with E-state index >= 15 is 0 Å². The third-order valence-corrected chi connectivity index (χ3v) is 5.24. The molecule has 1 atom stereocenters. The first-order valence-electron chi connectivity index (χ1n) is 7.34. The second-order valence-corrected chi connectivity index (χ2v) is 6.65. The van der Waals surface area contributed by atoms with E-state index in [0.717, 1.165) is 29.1 Å². The molecule has 0 saturated heterocycles. The van der Waals surface area contributed by atoms with Crippen LogP contribution in [0.2, 0.25) is 0 Å². The maximum atomic E-state index is 12.7. The average molecular weight is 308 g/mol. The van der Waals surface area contributed by atoms with Crippen molar-refractivity contribution in [1.82, 2.24) is 0 Å². The number of ketones is 1. The summed E-state index contributed by atoms with van der Waals surface area (Å²) in [6.45, 7) is 4.07. The Morgan fingerprint density at radius 2 is 1.82 bits per heavy atom. The largest absolute Gasteiger partial charge is 0.357 e. The van der Waals surface area contributed by atoms with Gasteiger partial charge in [0.15, 0.2) is 5.78 Å². The minimum atomic E-state index is 0.164. The second kappa shape index (κ2) is 5.14. The van der Waals surface area contributed by atoms with Crippen LogP contribution in [-0.2, 0) is 4.79 Å². The van der Waals surface area contributed by atoms with Gasteiger partial charge >= 0.3 is 0 Å². The Balaban J connectivity index is 1.75. The monoisotopic (exact) mass is 308 g/mol. The lowest BCUT2D eigenvalue weighted by Gasteiger charge is -2.25. The first-order valence-corrected chi connectivity index (χ1v) is 8.22. The topological polar surface area (TPSA) is 41.1 Å². The Hall–Kier alpha value is -2.33. The Bertz CT molecular complexity index is 789. The van der Waals surface area contributed by atoms with Gasteiger partial charge in [-0.25, -0.2) is 0 Å². The fraction of sp³-hybridized carbons (Fsp3) is 0.167. The number of para-hydroxylation sites is 2. The molecule has 0 fully saturated rings. The van der Waals surface area contributed by atoms with E-state index in [2.05, 4.69) is 28.7 Å². The summed E-state index contributed by atoms with van der Waals surface area (Å²) in [5, 5.41) is 8.79. The van der Waals surface area contributed by atoms with Crippen LogP contribution in [0.3, 0.4) is 0 Å². The van der Waals surface area contributed by atoms with Gasteiger partial charge in [-0.15, -0.1) is 11.3 Å². The van der Waals surface area contributed by atoms with Crippen molar-refractivity contribution in [3.05, 3.63) is 70.2 Å². The van der Waals surface area contributed by atoms with Crippen molar-refractivity contribution in [2.75, 3.05) is 10.6 Å². The summed E-state index contributed by atoms with van der Waals surface area (Å²) < 4.78 is 0. The predicted molar refractivity (Wildman–Crippen MR) is 91.2 cm³/mol. The number of hydrogen-bond donors (Lipinski definition) is 2. The molecule has 4 heteroatoms. The van der Waals surface area contributed by atoms with Gasteiger partial charge in [-0.1, -0.05) is 24.8 Å². The number of allylic oxidation sites excluding steroid dienone is 2. The number of anilines is 2. The van der Waals surface area contributed by atoms with E-state index in [1.54, 1.807) is 11.3 Å². The molecule has 0 unspecified atom stereocenters. The molecule has 0 spiro atoms. The van der Waals surface area contributed by atoms with Gasteiger partial charge in [0, 0.05) is 28.6 Å². The molecule has 22 heavy (non-hydrogen) atoms. The number of fused-ring (bicyclic) bond motifs is 1. The van der Waals surface area contributed by atoms with Crippen molar-refractivity contribution >= 4 is 28.5 Å². The third-order valence-electron chi connectivity index (χ3n) is 4.21. The van der Waals surface area contributed by atoms with E-state index in [0.29, 0.717) is 12.1 Å². The maximum Gasteiger partial charge on any atom is 0.167 e. The first kappa shape index (κ1) is 13.3. The number of carbonyl (C=O) groups excluding carboxylic acids is 1. The molecule has 1 aliphatic carbocycles. The standard InChI is InChI=1S/C18H16N2OS/c1-11-18-15(20-14-6-3-2-5-13(14)19-11)9-12(10-16(18)21)17-7-4-8-22-17/h2-8,12,19-20H,1,9-10H2/t12-/m1/s1. The van der Waals surface area contributed by atoms with Crippen molar-refractivity contribution in [2.24, 2.45) is 0 Å². The molecule has 0 amide bonds. The van der Waals surface area contributed by atoms with Crippen LogP contribution in [0.15, 0.2) is 65.3 Å². The third kappa shape index (κ3) is 2.16. The van der Waals surface area contributed by atoms with Crippen molar-refractivity contribution in [3.63, 3.8) is 0 Å². The highest BCUT2D eigenvalue weighted by atomic mass is 32.1. The maximum absolute atomic E-state index is 12.7. The summed E-state index contributed by atoms with van der Waals surface area (Å²) >= 11 is 1.72. The van der Waals surface area contributed by atoms with Gasteiger partial charge in [-0.3, -0.25) is 4.79 Å². The number of thiophene rings is 1. The first-order chi connectivity index (χ1) is 10.7. The lowest BCUT2D eigenvalue weighted by molar-refractivity contribution is -0.116. The van der Waals surface area contributed by atoms with Gasteiger partial charge in [0.1, 0.15) is 0 Å². The molecule has 1 aromatic carbocycles. The van der Waals surface area contributed by atoms with E-state index in [9.17, 15) is 4.79 Å². The summed E-state index contributed by atoms with van der Waals surface area (Å²) in [5.74, 6) is 0.425. The minimum absolute atomic E-state index is 0.164. The molecular weight excluding hydrogens is 292 g/mol. The van der Waals surface area contributed by atoms with Crippen molar-refractivity contribution in [2.45, 2.75) is 18.8 Å². The lowest BCUT2D eigenvalue weighted by Crippen LogP contribution is -2.22. The van der Waals surface area contributed by atoms with Crippen LogP contribution in [0.5, 0.6) is 0 Å². The molecular formula is C18H16N2OS. The zero-order valence-corrected chi connectivity index (χ0v) is 12.9. The summed E-state index contributed by atoms with van der Waals surface area (Å²) in [5.41, 5.74) is 4.36. The molecule has 4 rings (SSSR count). The smallest absolute Gasteiger partial charge is 0.167 e. The van der Waals surface area contributed by atoms with Gasteiger partial charge in [-0.2, -0.15) is 0 Å². The number of Topliss-reactive ketones (excluding diaryl/α,β-unsaturated/α-hetero) is 1. The van der Waals surface area contributed by atoms with E-state index < -0.39 is 0 Å². The molecule has 110 valence electrons. The van der Waals surface area contributed by atoms with Gasteiger partial charge < -0.3 is 10.6 Å². The lowest BCUT2D eigenvalue weighted by atomic mass is 9.84.